The number of nitrogens with zero attached hydrogens (tertiary/aromatic N) is 1. The van der Waals surface area contributed by atoms with Crippen LogP contribution in [0.5, 0.6) is 0 Å². The summed E-state index contributed by atoms with van der Waals surface area (Å²) in [6.45, 7) is 2.62. The van der Waals surface area contributed by atoms with Crippen LogP contribution in [0.25, 0.3) is 10.9 Å². The van der Waals surface area contributed by atoms with Gasteiger partial charge in [0.2, 0.25) is 0 Å². The summed E-state index contributed by atoms with van der Waals surface area (Å²) >= 11 is 0. The fraction of sp³-hybridized carbons (Fsp3) is 0.308. The Morgan fingerprint density at radius 1 is 1.24 bits per heavy atom. The average Bonchev–Trinajstić information content (AvgIpc) is 2.87. The van der Waals surface area contributed by atoms with Gasteiger partial charge in [-0.1, -0.05) is 12.1 Å². The Bertz CT molecular complexity index is 541. The van der Waals surface area contributed by atoms with Gasteiger partial charge in [-0.25, -0.2) is 0 Å². The van der Waals surface area contributed by atoms with Crippen molar-refractivity contribution in [2.24, 2.45) is 0 Å². The Morgan fingerprint density at radius 3 is 2.88 bits per heavy atom. The third kappa shape index (κ3) is 1.80. The van der Waals surface area contributed by atoms with Crippen molar-refractivity contribution >= 4 is 16.8 Å². The number of carbonyl (C=O) groups excluding carboxylic acids is 1. The summed E-state index contributed by atoms with van der Waals surface area (Å²) in [7, 11) is 0. The van der Waals surface area contributed by atoms with Crippen molar-refractivity contribution in [2.45, 2.75) is 0 Å². The number of carbonyl (C=O) groups is 1. The predicted octanol–water partition coefficient (Wildman–Crippen LogP) is 1.64. The molecule has 1 amide bonds. The molecule has 17 heavy (non-hydrogen) atoms. The predicted molar refractivity (Wildman–Crippen MR) is 65.0 cm³/mol. The molecule has 0 atom stereocenters. The minimum atomic E-state index is 0.0846. The van der Waals surface area contributed by atoms with E-state index >= 15 is 0 Å². The van der Waals surface area contributed by atoms with Crippen molar-refractivity contribution in [3.05, 3.63) is 36.0 Å². The second-order valence-corrected chi connectivity index (χ2v) is 4.15. The van der Waals surface area contributed by atoms with Crippen molar-refractivity contribution < 1.29 is 9.53 Å². The van der Waals surface area contributed by atoms with Crippen LogP contribution in [-0.4, -0.2) is 42.1 Å². The molecule has 1 N–H and O–H groups in total. The van der Waals surface area contributed by atoms with E-state index in [9.17, 15) is 4.79 Å². The number of fused-ring (bicyclic) bond motifs is 1. The molecule has 1 aromatic carbocycles. The molecule has 4 heteroatoms. The largest absolute Gasteiger partial charge is 0.378 e. The molecule has 0 unspecified atom stereocenters. The molecule has 1 aliphatic heterocycles. The monoisotopic (exact) mass is 230 g/mol. The first-order valence-corrected chi connectivity index (χ1v) is 5.79. The van der Waals surface area contributed by atoms with E-state index in [2.05, 4.69) is 4.98 Å². The Morgan fingerprint density at radius 2 is 2.06 bits per heavy atom. The number of aromatic amines is 1. The normalized spacial score (nSPS) is 16.4. The smallest absolute Gasteiger partial charge is 0.256 e. The van der Waals surface area contributed by atoms with E-state index < -0.39 is 0 Å². The van der Waals surface area contributed by atoms with Crippen LogP contribution in [0.3, 0.4) is 0 Å². The Hall–Kier alpha value is -1.81. The van der Waals surface area contributed by atoms with Crippen LogP contribution in [0.15, 0.2) is 30.5 Å². The SMILES string of the molecule is O=C(c1cccc2cc[nH]c12)N1CCOCC1. The number of aromatic nitrogens is 1. The molecule has 0 radical (unpaired) electrons. The Balaban J connectivity index is 1.97. The van der Waals surface area contributed by atoms with Crippen LogP contribution in [0.4, 0.5) is 0 Å². The number of para-hydroxylation sites is 1. The molecule has 3 rings (SSSR count). The molecule has 1 saturated heterocycles. The zero-order chi connectivity index (χ0) is 11.7. The lowest BCUT2D eigenvalue weighted by atomic mass is 10.1. The number of nitrogens with one attached hydrogen (secondary N) is 1. The fourth-order valence-corrected chi connectivity index (χ4v) is 2.20. The third-order valence-corrected chi connectivity index (χ3v) is 3.12. The van der Waals surface area contributed by atoms with Crippen LogP contribution >= 0.6 is 0 Å². The highest BCUT2D eigenvalue weighted by Gasteiger charge is 2.20. The van der Waals surface area contributed by atoms with Gasteiger partial charge in [0.1, 0.15) is 0 Å². The lowest BCUT2D eigenvalue weighted by molar-refractivity contribution is 0.0304. The number of ether oxygens (including phenoxy) is 1. The van der Waals surface area contributed by atoms with Gasteiger partial charge in [-0.2, -0.15) is 0 Å². The van der Waals surface area contributed by atoms with E-state index in [0.29, 0.717) is 26.3 Å². The molecule has 88 valence electrons. The maximum Gasteiger partial charge on any atom is 0.256 e. The van der Waals surface area contributed by atoms with Crippen molar-refractivity contribution in [1.82, 2.24) is 9.88 Å². The molecular weight excluding hydrogens is 216 g/mol. The van der Waals surface area contributed by atoms with Gasteiger partial charge in [0.15, 0.2) is 0 Å². The summed E-state index contributed by atoms with van der Waals surface area (Å²) < 4.78 is 5.26. The first kappa shape index (κ1) is 10.4. The van der Waals surface area contributed by atoms with E-state index in [4.69, 9.17) is 4.74 Å². The van der Waals surface area contributed by atoms with Crippen molar-refractivity contribution in [2.75, 3.05) is 26.3 Å². The number of rotatable bonds is 1. The fourth-order valence-electron chi connectivity index (χ4n) is 2.20. The number of hydrogen-bond acceptors (Lipinski definition) is 2. The van der Waals surface area contributed by atoms with E-state index in [-0.39, 0.29) is 5.91 Å². The van der Waals surface area contributed by atoms with Crippen LogP contribution in [0.1, 0.15) is 10.4 Å². The van der Waals surface area contributed by atoms with E-state index in [1.54, 1.807) is 0 Å². The number of morpholine rings is 1. The van der Waals surface area contributed by atoms with Gasteiger partial charge in [-0.15, -0.1) is 0 Å². The van der Waals surface area contributed by atoms with Gasteiger partial charge >= 0.3 is 0 Å². The summed E-state index contributed by atoms with van der Waals surface area (Å²) in [5.74, 6) is 0.0846. The number of hydrogen-bond donors (Lipinski definition) is 1. The lowest BCUT2D eigenvalue weighted by Gasteiger charge is -2.27. The molecule has 0 aliphatic carbocycles. The van der Waals surface area contributed by atoms with E-state index in [1.165, 1.54) is 0 Å². The second-order valence-electron chi connectivity index (χ2n) is 4.15. The van der Waals surface area contributed by atoms with Crippen molar-refractivity contribution in [1.29, 1.82) is 0 Å². The topological polar surface area (TPSA) is 45.3 Å². The van der Waals surface area contributed by atoms with Crippen molar-refractivity contribution in [3.8, 4) is 0 Å². The molecule has 1 aliphatic rings. The summed E-state index contributed by atoms with van der Waals surface area (Å²) in [6, 6.07) is 7.77. The van der Waals surface area contributed by atoms with Crippen molar-refractivity contribution in [3.63, 3.8) is 0 Å². The number of benzene rings is 1. The molecule has 1 aromatic heterocycles. The summed E-state index contributed by atoms with van der Waals surface area (Å²) in [5, 5.41) is 1.07. The van der Waals surface area contributed by atoms with Gasteiger partial charge in [0, 0.05) is 24.7 Å². The van der Waals surface area contributed by atoms with Gasteiger partial charge < -0.3 is 14.6 Å². The first-order valence-electron chi connectivity index (χ1n) is 5.79. The number of amides is 1. The Labute approximate surface area is 99.2 Å². The summed E-state index contributed by atoms with van der Waals surface area (Å²) in [4.78, 5) is 17.3. The minimum Gasteiger partial charge on any atom is -0.378 e. The van der Waals surface area contributed by atoms with E-state index in [1.807, 2.05) is 35.4 Å². The minimum absolute atomic E-state index is 0.0846. The molecule has 0 saturated carbocycles. The maximum absolute atomic E-state index is 12.4. The zero-order valence-electron chi connectivity index (χ0n) is 9.48. The van der Waals surface area contributed by atoms with Crippen LogP contribution in [0, 0.1) is 0 Å². The quantitative estimate of drug-likeness (QED) is 0.809. The molecular formula is C13H14N2O2. The summed E-state index contributed by atoms with van der Waals surface area (Å²) in [5.41, 5.74) is 1.67. The van der Waals surface area contributed by atoms with Gasteiger partial charge in [0.25, 0.3) is 5.91 Å². The maximum atomic E-state index is 12.4. The molecule has 2 aromatic rings. The van der Waals surface area contributed by atoms with Gasteiger partial charge in [-0.05, 0) is 12.1 Å². The molecule has 0 spiro atoms. The second kappa shape index (κ2) is 4.22. The molecule has 0 bridgehead atoms. The highest BCUT2D eigenvalue weighted by atomic mass is 16.5. The van der Waals surface area contributed by atoms with Crippen LogP contribution < -0.4 is 0 Å². The Kier molecular flexibility index (Phi) is 2.57. The lowest BCUT2D eigenvalue weighted by Crippen LogP contribution is -2.40. The standard InChI is InChI=1S/C13H14N2O2/c16-13(15-6-8-17-9-7-15)11-3-1-2-10-4-5-14-12(10)11/h1-5,14H,6-9H2. The molecule has 1 fully saturated rings. The van der Waals surface area contributed by atoms with Crippen LogP contribution in [-0.2, 0) is 4.74 Å². The number of H-pyrrole nitrogens is 1. The highest BCUT2D eigenvalue weighted by Crippen LogP contribution is 2.19. The van der Waals surface area contributed by atoms with Crippen LogP contribution in [0.2, 0.25) is 0 Å². The summed E-state index contributed by atoms with van der Waals surface area (Å²) in [6.07, 6.45) is 1.86. The first-order chi connectivity index (χ1) is 8.36. The molecule has 4 nitrogen and oxygen atoms in total. The third-order valence-electron chi connectivity index (χ3n) is 3.12. The van der Waals surface area contributed by atoms with Gasteiger partial charge in [-0.3, -0.25) is 4.79 Å². The van der Waals surface area contributed by atoms with Gasteiger partial charge in [0.05, 0.1) is 24.3 Å². The zero-order valence-corrected chi connectivity index (χ0v) is 9.48. The van der Waals surface area contributed by atoms with E-state index in [0.717, 1.165) is 16.5 Å². The average molecular weight is 230 g/mol. The highest BCUT2D eigenvalue weighted by molar-refractivity contribution is 6.05. The molecule has 2 heterocycles.